The highest BCUT2D eigenvalue weighted by molar-refractivity contribution is 5.38. The maximum atomic E-state index is 4.09. The van der Waals surface area contributed by atoms with Crippen molar-refractivity contribution in [1.29, 1.82) is 0 Å². The lowest BCUT2D eigenvalue weighted by Gasteiger charge is -2.25. The fourth-order valence-electron chi connectivity index (χ4n) is 2.50. The number of aromatic nitrogens is 4. The molecule has 6 heteroatoms. The number of nitrogens with one attached hydrogen (secondary N) is 1. The van der Waals surface area contributed by atoms with Gasteiger partial charge in [0, 0.05) is 6.54 Å². The number of rotatable bonds is 6. The number of likely N-dealkylation sites (N-methyl/N-ethyl adjacent to an activating group) is 1. The lowest BCUT2D eigenvalue weighted by atomic mass is 10.1. The number of benzene rings is 2. The first-order chi connectivity index (χ1) is 11.3. The van der Waals surface area contributed by atoms with Crippen LogP contribution in [0.2, 0.25) is 0 Å². The van der Waals surface area contributed by atoms with Gasteiger partial charge in [-0.1, -0.05) is 53.6 Å². The maximum absolute atomic E-state index is 4.09. The summed E-state index contributed by atoms with van der Waals surface area (Å²) in [5, 5.41) is 15.3. The van der Waals surface area contributed by atoms with Gasteiger partial charge in [0.1, 0.15) is 0 Å². The molecule has 0 aliphatic carbocycles. The van der Waals surface area contributed by atoms with Crippen LogP contribution in [-0.2, 0) is 0 Å². The van der Waals surface area contributed by atoms with Crippen LogP contribution in [-0.4, -0.2) is 45.7 Å². The van der Waals surface area contributed by atoms with E-state index in [4.69, 9.17) is 0 Å². The van der Waals surface area contributed by atoms with E-state index in [1.807, 2.05) is 36.4 Å². The van der Waals surface area contributed by atoms with E-state index in [2.05, 4.69) is 64.1 Å². The fourth-order valence-corrected chi connectivity index (χ4v) is 2.50. The smallest absolute Gasteiger partial charge is 0.247 e. The van der Waals surface area contributed by atoms with E-state index in [1.165, 1.54) is 5.56 Å². The molecule has 0 fully saturated rings. The van der Waals surface area contributed by atoms with Gasteiger partial charge in [-0.05, 0) is 42.2 Å². The highest BCUT2D eigenvalue weighted by Crippen LogP contribution is 2.19. The van der Waals surface area contributed by atoms with Crippen LogP contribution in [0.15, 0.2) is 60.7 Å². The van der Waals surface area contributed by atoms with Crippen molar-refractivity contribution >= 4 is 5.95 Å². The van der Waals surface area contributed by atoms with Crippen molar-refractivity contribution in [2.75, 3.05) is 26.0 Å². The Bertz CT molecular complexity index is 723. The molecule has 3 rings (SSSR count). The second-order valence-corrected chi connectivity index (χ2v) is 5.52. The molecule has 23 heavy (non-hydrogen) atoms. The van der Waals surface area contributed by atoms with Crippen molar-refractivity contribution in [2.24, 2.45) is 0 Å². The number of anilines is 1. The monoisotopic (exact) mass is 308 g/mol. The van der Waals surface area contributed by atoms with Gasteiger partial charge >= 0.3 is 0 Å². The third kappa shape index (κ3) is 3.54. The molecule has 2 aromatic carbocycles. The van der Waals surface area contributed by atoms with Crippen molar-refractivity contribution in [1.82, 2.24) is 25.1 Å². The molecule has 3 aromatic rings. The molecule has 6 nitrogen and oxygen atoms in total. The highest BCUT2D eigenvalue weighted by Gasteiger charge is 2.15. The summed E-state index contributed by atoms with van der Waals surface area (Å²) < 4.78 is 1.71. The minimum Gasteiger partial charge on any atom is -0.351 e. The lowest BCUT2D eigenvalue weighted by molar-refractivity contribution is 0.311. The molecular weight excluding hydrogens is 288 g/mol. The van der Waals surface area contributed by atoms with E-state index in [0.717, 1.165) is 5.69 Å². The Morgan fingerprint density at radius 2 is 1.65 bits per heavy atom. The summed E-state index contributed by atoms with van der Waals surface area (Å²) >= 11 is 0. The Morgan fingerprint density at radius 1 is 1.00 bits per heavy atom. The zero-order chi connectivity index (χ0) is 16.1. The van der Waals surface area contributed by atoms with E-state index in [-0.39, 0.29) is 6.04 Å². The van der Waals surface area contributed by atoms with Crippen molar-refractivity contribution in [3.63, 3.8) is 0 Å². The molecule has 0 aliphatic rings. The minimum atomic E-state index is 0.233. The second kappa shape index (κ2) is 7.02. The first-order valence-corrected chi connectivity index (χ1v) is 7.55. The standard InChI is InChI=1S/C17H20N6/c1-22(2)16(14-9-5-3-6-10-14)13-18-17-19-20-21-23(17)15-11-7-4-8-12-15/h3-12,16H,13H2,1-2H3,(H,18,19,21). The van der Waals surface area contributed by atoms with Gasteiger partial charge in [-0.15, -0.1) is 0 Å². The second-order valence-electron chi connectivity index (χ2n) is 5.52. The lowest BCUT2D eigenvalue weighted by Crippen LogP contribution is -2.27. The van der Waals surface area contributed by atoms with Crippen LogP contribution < -0.4 is 5.32 Å². The minimum absolute atomic E-state index is 0.233. The summed E-state index contributed by atoms with van der Waals surface area (Å²) in [5.74, 6) is 0.638. The van der Waals surface area contributed by atoms with Crippen LogP contribution in [0, 0.1) is 0 Å². The average molecular weight is 308 g/mol. The zero-order valence-electron chi connectivity index (χ0n) is 13.3. The highest BCUT2D eigenvalue weighted by atomic mass is 15.6. The average Bonchev–Trinajstić information content (AvgIpc) is 3.05. The molecule has 1 unspecified atom stereocenters. The van der Waals surface area contributed by atoms with Gasteiger partial charge in [0.2, 0.25) is 5.95 Å². The van der Waals surface area contributed by atoms with Crippen LogP contribution >= 0.6 is 0 Å². The zero-order valence-corrected chi connectivity index (χ0v) is 13.3. The molecule has 0 amide bonds. The van der Waals surface area contributed by atoms with Gasteiger partial charge in [0.25, 0.3) is 0 Å². The molecule has 0 saturated carbocycles. The Balaban J connectivity index is 1.77. The van der Waals surface area contributed by atoms with Crippen LogP contribution in [0.4, 0.5) is 5.95 Å². The summed E-state index contributed by atoms with van der Waals surface area (Å²) in [4.78, 5) is 2.18. The molecule has 0 aliphatic heterocycles. The molecule has 1 heterocycles. The molecule has 1 atom stereocenters. The number of hydrogen-bond donors (Lipinski definition) is 1. The Hall–Kier alpha value is -2.73. The summed E-state index contributed by atoms with van der Waals surface area (Å²) in [6.07, 6.45) is 0. The topological polar surface area (TPSA) is 58.9 Å². The summed E-state index contributed by atoms with van der Waals surface area (Å²) in [6, 6.07) is 20.5. The quantitative estimate of drug-likeness (QED) is 0.757. The van der Waals surface area contributed by atoms with Gasteiger partial charge in [-0.3, -0.25) is 0 Å². The van der Waals surface area contributed by atoms with Crippen LogP contribution in [0.3, 0.4) is 0 Å². The van der Waals surface area contributed by atoms with Gasteiger partial charge in [-0.2, -0.15) is 4.68 Å². The van der Waals surface area contributed by atoms with Crippen molar-refractivity contribution in [3.05, 3.63) is 66.2 Å². The first-order valence-electron chi connectivity index (χ1n) is 7.55. The third-order valence-corrected chi connectivity index (χ3v) is 3.73. The first kappa shape index (κ1) is 15.2. The van der Waals surface area contributed by atoms with Gasteiger partial charge in [0.05, 0.1) is 11.7 Å². The fraction of sp³-hybridized carbons (Fsp3) is 0.235. The van der Waals surface area contributed by atoms with Crippen molar-refractivity contribution in [2.45, 2.75) is 6.04 Å². The maximum Gasteiger partial charge on any atom is 0.247 e. The van der Waals surface area contributed by atoms with E-state index in [0.29, 0.717) is 12.5 Å². The Kier molecular flexibility index (Phi) is 4.63. The summed E-state index contributed by atoms with van der Waals surface area (Å²) in [5.41, 5.74) is 2.19. The number of nitrogens with zero attached hydrogens (tertiary/aromatic N) is 5. The largest absolute Gasteiger partial charge is 0.351 e. The molecule has 1 N–H and O–H groups in total. The molecule has 0 bridgehead atoms. The van der Waals surface area contributed by atoms with Crippen LogP contribution in [0.5, 0.6) is 0 Å². The predicted molar refractivity (Wildman–Crippen MR) is 90.5 cm³/mol. The molecular formula is C17H20N6. The molecule has 1 aromatic heterocycles. The molecule has 0 radical (unpaired) electrons. The molecule has 118 valence electrons. The summed E-state index contributed by atoms with van der Waals surface area (Å²) in [7, 11) is 4.14. The predicted octanol–water partition coefficient (Wildman–Crippen LogP) is 2.38. The van der Waals surface area contributed by atoms with E-state index < -0.39 is 0 Å². The van der Waals surface area contributed by atoms with Crippen molar-refractivity contribution < 1.29 is 0 Å². The van der Waals surface area contributed by atoms with E-state index >= 15 is 0 Å². The van der Waals surface area contributed by atoms with Gasteiger partial charge < -0.3 is 10.2 Å². The number of hydrogen-bond acceptors (Lipinski definition) is 5. The number of tetrazole rings is 1. The van der Waals surface area contributed by atoms with E-state index in [9.17, 15) is 0 Å². The SMILES string of the molecule is CN(C)C(CNc1nnnn1-c1ccccc1)c1ccccc1. The molecule has 0 spiro atoms. The van der Waals surface area contributed by atoms with Crippen LogP contribution in [0.25, 0.3) is 5.69 Å². The van der Waals surface area contributed by atoms with Gasteiger partial charge in [0.15, 0.2) is 0 Å². The van der Waals surface area contributed by atoms with E-state index in [1.54, 1.807) is 4.68 Å². The Labute approximate surface area is 135 Å². The summed E-state index contributed by atoms with van der Waals surface area (Å²) in [6.45, 7) is 0.713. The van der Waals surface area contributed by atoms with Crippen LogP contribution in [0.1, 0.15) is 11.6 Å². The van der Waals surface area contributed by atoms with Crippen molar-refractivity contribution in [3.8, 4) is 5.69 Å². The molecule has 0 saturated heterocycles. The van der Waals surface area contributed by atoms with Gasteiger partial charge in [-0.25, -0.2) is 0 Å². The normalized spacial score (nSPS) is 12.3. The third-order valence-electron chi connectivity index (χ3n) is 3.73. The Morgan fingerprint density at radius 3 is 2.30 bits per heavy atom. The number of para-hydroxylation sites is 1.